The average molecular weight is 185 g/mol. The number of hydrogen-bond donors (Lipinski definition) is 1. The molecule has 0 aromatic heterocycles. The molecule has 3 heteroatoms. The molecule has 0 bridgehead atoms. The molecule has 76 valence electrons. The van der Waals surface area contributed by atoms with Crippen LogP contribution < -0.4 is 0 Å². The maximum atomic E-state index is 10.6. The first-order chi connectivity index (χ1) is 6.00. The lowest BCUT2D eigenvalue weighted by Crippen LogP contribution is -2.43. The summed E-state index contributed by atoms with van der Waals surface area (Å²) in [6, 6.07) is 0. The fourth-order valence-electron chi connectivity index (χ4n) is 2.49. The van der Waals surface area contributed by atoms with Crippen molar-refractivity contribution in [3.05, 3.63) is 0 Å². The number of aliphatic carboxylic acids is 1. The van der Waals surface area contributed by atoms with E-state index in [1.807, 2.05) is 0 Å². The predicted octanol–water partition coefficient (Wildman–Crippen LogP) is 1.29. The largest absolute Gasteiger partial charge is 0.481 e. The van der Waals surface area contributed by atoms with Gasteiger partial charge in [0, 0.05) is 19.5 Å². The van der Waals surface area contributed by atoms with Crippen LogP contribution in [0.25, 0.3) is 0 Å². The smallest absolute Gasteiger partial charge is 0.303 e. The van der Waals surface area contributed by atoms with E-state index in [0.717, 1.165) is 13.1 Å². The van der Waals surface area contributed by atoms with Gasteiger partial charge in [-0.15, -0.1) is 0 Å². The Balaban J connectivity index is 2.56. The maximum absolute atomic E-state index is 10.6. The Morgan fingerprint density at radius 3 is 2.23 bits per heavy atom. The molecular weight excluding hydrogens is 166 g/mol. The van der Waals surface area contributed by atoms with Gasteiger partial charge >= 0.3 is 5.97 Å². The number of likely N-dealkylation sites (tertiary alicyclic amines) is 1. The Labute approximate surface area is 79.7 Å². The summed E-state index contributed by atoms with van der Waals surface area (Å²) in [4.78, 5) is 12.9. The van der Waals surface area contributed by atoms with E-state index in [4.69, 9.17) is 5.11 Å². The lowest BCUT2D eigenvalue weighted by molar-refractivity contribution is -0.139. The zero-order valence-corrected chi connectivity index (χ0v) is 8.66. The van der Waals surface area contributed by atoms with Gasteiger partial charge in [0.15, 0.2) is 0 Å². The molecule has 0 saturated carbocycles. The number of piperidine rings is 1. The van der Waals surface area contributed by atoms with Crippen LogP contribution in [0.2, 0.25) is 0 Å². The molecule has 13 heavy (non-hydrogen) atoms. The van der Waals surface area contributed by atoms with Crippen molar-refractivity contribution in [1.82, 2.24) is 4.90 Å². The van der Waals surface area contributed by atoms with E-state index in [2.05, 4.69) is 25.8 Å². The molecule has 0 aromatic carbocycles. The molecule has 1 saturated heterocycles. The van der Waals surface area contributed by atoms with Crippen molar-refractivity contribution in [3.63, 3.8) is 0 Å². The number of carboxylic acid groups (broad SMARTS) is 1. The quantitative estimate of drug-likeness (QED) is 0.705. The van der Waals surface area contributed by atoms with Crippen molar-refractivity contribution in [2.24, 2.45) is 17.8 Å². The highest BCUT2D eigenvalue weighted by atomic mass is 16.4. The molecule has 0 aliphatic carbocycles. The second kappa shape index (κ2) is 4.09. The van der Waals surface area contributed by atoms with Gasteiger partial charge < -0.3 is 10.0 Å². The molecule has 1 rings (SSSR count). The van der Waals surface area contributed by atoms with E-state index < -0.39 is 5.97 Å². The Morgan fingerprint density at radius 1 is 1.38 bits per heavy atom. The van der Waals surface area contributed by atoms with Crippen molar-refractivity contribution in [3.8, 4) is 0 Å². The molecular formula is C10H19NO2. The number of nitrogens with zero attached hydrogens (tertiary/aromatic N) is 1. The summed E-state index contributed by atoms with van der Waals surface area (Å²) >= 11 is 0. The maximum Gasteiger partial charge on any atom is 0.303 e. The fraction of sp³-hybridized carbons (Fsp3) is 0.900. The van der Waals surface area contributed by atoms with Crippen molar-refractivity contribution in [2.75, 3.05) is 20.1 Å². The molecule has 1 aliphatic rings. The van der Waals surface area contributed by atoms with Crippen molar-refractivity contribution in [2.45, 2.75) is 20.3 Å². The zero-order chi connectivity index (χ0) is 10.0. The number of carbonyl (C=O) groups is 1. The number of carboxylic acids is 1. The average Bonchev–Trinajstić information content (AvgIpc) is 1.96. The molecule has 0 aromatic rings. The van der Waals surface area contributed by atoms with Gasteiger partial charge in [0.2, 0.25) is 0 Å². The molecule has 1 heterocycles. The van der Waals surface area contributed by atoms with Crippen LogP contribution in [-0.4, -0.2) is 36.1 Å². The van der Waals surface area contributed by atoms with Crippen LogP contribution in [0.1, 0.15) is 20.3 Å². The minimum absolute atomic E-state index is 0.330. The minimum atomic E-state index is -0.659. The highest BCUT2D eigenvalue weighted by Crippen LogP contribution is 2.30. The first-order valence-electron chi connectivity index (χ1n) is 4.91. The second-order valence-corrected chi connectivity index (χ2v) is 4.44. The molecule has 2 unspecified atom stereocenters. The van der Waals surface area contributed by atoms with E-state index in [9.17, 15) is 4.79 Å². The molecule has 2 atom stereocenters. The van der Waals surface area contributed by atoms with Gasteiger partial charge in [0.25, 0.3) is 0 Å². The standard InChI is InChI=1S/C10H19NO2/c1-7-5-11(3)6-8(2)9(7)4-10(12)13/h7-9H,4-6H2,1-3H3,(H,12,13). The van der Waals surface area contributed by atoms with Crippen LogP contribution in [0.5, 0.6) is 0 Å². The minimum Gasteiger partial charge on any atom is -0.481 e. The monoisotopic (exact) mass is 185 g/mol. The van der Waals surface area contributed by atoms with Crippen molar-refractivity contribution >= 4 is 5.97 Å². The van der Waals surface area contributed by atoms with Gasteiger partial charge in [0.05, 0.1) is 0 Å². The number of rotatable bonds is 2. The van der Waals surface area contributed by atoms with E-state index in [-0.39, 0.29) is 0 Å². The van der Waals surface area contributed by atoms with Crippen LogP contribution in [0.4, 0.5) is 0 Å². The van der Waals surface area contributed by atoms with Gasteiger partial charge in [-0.25, -0.2) is 0 Å². The lowest BCUT2D eigenvalue weighted by atomic mass is 9.78. The highest BCUT2D eigenvalue weighted by Gasteiger charge is 2.31. The summed E-state index contributed by atoms with van der Waals surface area (Å²) < 4.78 is 0. The summed E-state index contributed by atoms with van der Waals surface area (Å²) in [5.41, 5.74) is 0. The molecule has 3 nitrogen and oxygen atoms in total. The SMILES string of the molecule is CC1CN(C)CC(C)C1CC(=O)O. The van der Waals surface area contributed by atoms with Gasteiger partial charge in [0.1, 0.15) is 0 Å². The molecule has 0 radical (unpaired) electrons. The Kier molecular flexibility index (Phi) is 3.31. The molecule has 1 aliphatic heterocycles. The van der Waals surface area contributed by atoms with Crippen LogP contribution in [0.15, 0.2) is 0 Å². The Hall–Kier alpha value is -0.570. The lowest BCUT2D eigenvalue weighted by Gasteiger charge is -2.39. The normalized spacial score (nSPS) is 36.1. The van der Waals surface area contributed by atoms with Gasteiger partial charge in [-0.3, -0.25) is 4.79 Å². The highest BCUT2D eigenvalue weighted by molar-refractivity contribution is 5.67. The van der Waals surface area contributed by atoms with Crippen LogP contribution in [-0.2, 0) is 4.79 Å². The fourth-order valence-corrected chi connectivity index (χ4v) is 2.49. The van der Waals surface area contributed by atoms with Crippen molar-refractivity contribution < 1.29 is 9.90 Å². The third-order valence-electron chi connectivity index (χ3n) is 3.07. The summed E-state index contributed by atoms with van der Waals surface area (Å²) in [5.74, 6) is 0.705. The molecule has 0 spiro atoms. The summed E-state index contributed by atoms with van der Waals surface area (Å²) in [7, 11) is 2.10. The second-order valence-electron chi connectivity index (χ2n) is 4.44. The summed E-state index contributed by atoms with van der Waals surface area (Å²) in [5, 5.41) is 8.75. The Morgan fingerprint density at radius 2 is 1.85 bits per heavy atom. The summed E-state index contributed by atoms with van der Waals surface area (Å²) in [6.45, 7) is 6.37. The van der Waals surface area contributed by atoms with Gasteiger partial charge in [-0.05, 0) is 24.8 Å². The molecule has 1 fully saturated rings. The van der Waals surface area contributed by atoms with E-state index in [1.165, 1.54) is 0 Å². The van der Waals surface area contributed by atoms with E-state index >= 15 is 0 Å². The third-order valence-corrected chi connectivity index (χ3v) is 3.07. The summed E-state index contributed by atoms with van der Waals surface area (Å²) in [6.07, 6.45) is 0.330. The predicted molar refractivity (Wildman–Crippen MR) is 51.6 cm³/mol. The van der Waals surface area contributed by atoms with Gasteiger partial charge in [-0.1, -0.05) is 13.8 Å². The van der Waals surface area contributed by atoms with Crippen LogP contribution >= 0.6 is 0 Å². The first-order valence-corrected chi connectivity index (χ1v) is 4.91. The number of hydrogen-bond acceptors (Lipinski definition) is 2. The van der Waals surface area contributed by atoms with Crippen LogP contribution in [0, 0.1) is 17.8 Å². The van der Waals surface area contributed by atoms with Gasteiger partial charge in [-0.2, -0.15) is 0 Å². The zero-order valence-electron chi connectivity index (χ0n) is 8.66. The van der Waals surface area contributed by atoms with E-state index in [0.29, 0.717) is 24.2 Å². The third kappa shape index (κ3) is 2.69. The molecule has 0 amide bonds. The molecule has 1 N–H and O–H groups in total. The topological polar surface area (TPSA) is 40.5 Å². The van der Waals surface area contributed by atoms with Crippen LogP contribution in [0.3, 0.4) is 0 Å². The first kappa shape index (κ1) is 10.5. The Bertz CT molecular complexity index is 181. The van der Waals surface area contributed by atoms with E-state index in [1.54, 1.807) is 0 Å². The van der Waals surface area contributed by atoms with Crippen molar-refractivity contribution in [1.29, 1.82) is 0 Å².